The minimum Gasteiger partial charge on any atom is -0.338 e. The topological polar surface area (TPSA) is 32.3 Å². The van der Waals surface area contributed by atoms with E-state index in [1.165, 1.54) is 96.3 Å². The van der Waals surface area contributed by atoms with Crippen molar-refractivity contribution in [1.82, 2.24) is 10.2 Å². The second-order valence-electron chi connectivity index (χ2n) is 7.61. The van der Waals surface area contributed by atoms with Gasteiger partial charge in [-0.2, -0.15) is 0 Å². The Labute approximate surface area is 143 Å². The molecule has 0 aromatic heterocycles. The Morgan fingerprint density at radius 3 is 1.74 bits per heavy atom. The van der Waals surface area contributed by atoms with Gasteiger partial charge in [0.25, 0.3) is 0 Å². The summed E-state index contributed by atoms with van der Waals surface area (Å²) in [5.74, 6) is 0. The molecule has 3 heteroatoms. The summed E-state index contributed by atoms with van der Waals surface area (Å²) in [6.07, 6.45) is 20.9. The van der Waals surface area contributed by atoms with Crippen LogP contribution in [0.25, 0.3) is 0 Å². The lowest BCUT2D eigenvalue weighted by Gasteiger charge is -2.32. The van der Waals surface area contributed by atoms with Crippen LogP contribution in [-0.4, -0.2) is 30.1 Å². The lowest BCUT2D eigenvalue weighted by Crippen LogP contribution is -2.47. The molecule has 0 aromatic carbocycles. The SMILES string of the molecule is O=C1NCCCCCCCCN1C1CCCCCCCCCC1. The van der Waals surface area contributed by atoms with Crippen molar-refractivity contribution in [3.63, 3.8) is 0 Å². The summed E-state index contributed by atoms with van der Waals surface area (Å²) in [7, 11) is 0. The fourth-order valence-corrected chi connectivity index (χ4v) is 4.14. The highest BCUT2D eigenvalue weighted by molar-refractivity contribution is 5.74. The molecule has 0 atom stereocenters. The second kappa shape index (κ2) is 11.8. The number of rotatable bonds is 1. The molecule has 2 rings (SSSR count). The van der Waals surface area contributed by atoms with Crippen LogP contribution in [0.4, 0.5) is 4.79 Å². The number of hydrogen-bond donors (Lipinski definition) is 1. The van der Waals surface area contributed by atoms with E-state index in [9.17, 15) is 4.79 Å². The molecule has 0 unspecified atom stereocenters. The van der Waals surface area contributed by atoms with Crippen molar-refractivity contribution < 1.29 is 4.79 Å². The zero-order valence-electron chi connectivity index (χ0n) is 15.2. The van der Waals surface area contributed by atoms with Crippen LogP contribution in [0, 0.1) is 0 Å². The van der Waals surface area contributed by atoms with E-state index in [-0.39, 0.29) is 6.03 Å². The van der Waals surface area contributed by atoms with Crippen molar-refractivity contribution in [2.24, 2.45) is 0 Å². The molecule has 1 heterocycles. The van der Waals surface area contributed by atoms with Crippen LogP contribution >= 0.6 is 0 Å². The van der Waals surface area contributed by atoms with Gasteiger partial charge in [-0.15, -0.1) is 0 Å². The monoisotopic (exact) mass is 322 g/mol. The molecule has 3 nitrogen and oxygen atoms in total. The normalized spacial score (nSPS) is 25.0. The third-order valence-electron chi connectivity index (χ3n) is 5.63. The quantitative estimate of drug-likeness (QED) is 0.666. The molecule has 1 saturated carbocycles. The number of nitrogens with zero attached hydrogens (tertiary/aromatic N) is 1. The molecule has 0 spiro atoms. The lowest BCUT2D eigenvalue weighted by atomic mass is 10.0. The van der Waals surface area contributed by atoms with Crippen LogP contribution in [-0.2, 0) is 0 Å². The van der Waals surface area contributed by atoms with Gasteiger partial charge in [-0.05, 0) is 25.7 Å². The molecular weight excluding hydrogens is 284 g/mol. The van der Waals surface area contributed by atoms with Gasteiger partial charge in [0.1, 0.15) is 0 Å². The highest BCUT2D eigenvalue weighted by Gasteiger charge is 2.23. The maximum absolute atomic E-state index is 12.7. The highest BCUT2D eigenvalue weighted by Crippen LogP contribution is 2.22. The molecule has 1 aliphatic carbocycles. The van der Waals surface area contributed by atoms with Crippen LogP contribution < -0.4 is 5.32 Å². The van der Waals surface area contributed by atoms with Crippen molar-refractivity contribution >= 4 is 6.03 Å². The zero-order valence-corrected chi connectivity index (χ0v) is 15.2. The second-order valence-corrected chi connectivity index (χ2v) is 7.61. The molecule has 1 aliphatic heterocycles. The van der Waals surface area contributed by atoms with Crippen LogP contribution in [0.1, 0.15) is 103 Å². The van der Waals surface area contributed by atoms with Crippen molar-refractivity contribution in [3.05, 3.63) is 0 Å². The summed E-state index contributed by atoms with van der Waals surface area (Å²) < 4.78 is 0. The molecule has 2 fully saturated rings. The average molecular weight is 323 g/mol. The van der Waals surface area contributed by atoms with E-state index in [4.69, 9.17) is 0 Å². The maximum atomic E-state index is 12.7. The van der Waals surface area contributed by atoms with Crippen LogP contribution in [0.5, 0.6) is 0 Å². The van der Waals surface area contributed by atoms with Gasteiger partial charge in [-0.3, -0.25) is 0 Å². The standard InChI is InChI=1S/C20H38N2O/c23-20-21-17-13-9-5-6-10-14-18-22(20)19-15-11-7-3-1-2-4-8-12-16-19/h19H,1-18H2,(H,21,23). The summed E-state index contributed by atoms with van der Waals surface area (Å²) >= 11 is 0. The molecule has 1 N–H and O–H groups in total. The summed E-state index contributed by atoms with van der Waals surface area (Å²) in [5, 5.41) is 3.19. The van der Waals surface area contributed by atoms with Crippen molar-refractivity contribution in [2.75, 3.05) is 13.1 Å². The van der Waals surface area contributed by atoms with E-state index in [2.05, 4.69) is 10.2 Å². The van der Waals surface area contributed by atoms with Gasteiger partial charge in [-0.25, -0.2) is 4.79 Å². The molecule has 134 valence electrons. The van der Waals surface area contributed by atoms with Crippen LogP contribution in [0.3, 0.4) is 0 Å². The van der Waals surface area contributed by atoms with Crippen molar-refractivity contribution in [2.45, 2.75) is 109 Å². The molecule has 2 aliphatic rings. The van der Waals surface area contributed by atoms with E-state index in [1.807, 2.05) is 0 Å². The highest BCUT2D eigenvalue weighted by atomic mass is 16.2. The molecular formula is C20H38N2O. The summed E-state index contributed by atoms with van der Waals surface area (Å²) in [5.41, 5.74) is 0. The van der Waals surface area contributed by atoms with E-state index in [1.54, 1.807) is 0 Å². The van der Waals surface area contributed by atoms with E-state index >= 15 is 0 Å². The first-order chi connectivity index (χ1) is 11.4. The third kappa shape index (κ3) is 7.58. The minimum absolute atomic E-state index is 0.215. The summed E-state index contributed by atoms with van der Waals surface area (Å²) in [6, 6.07) is 0.695. The van der Waals surface area contributed by atoms with E-state index in [0.717, 1.165) is 19.5 Å². The molecule has 2 amide bonds. The van der Waals surface area contributed by atoms with Gasteiger partial charge in [-0.1, -0.05) is 77.0 Å². The Balaban J connectivity index is 1.93. The zero-order chi connectivity index (χ0) is 16.2. The number of nitrogens with one attached hydrogen (secondary N) is 1. The van der Waals surface area contributed by atoms with Gasteiger partial charge in [0.05, 0.1) is 0 Å². The van der Waals surface area contributed by atoms with E-state index < -0.39 is 0 Å². The predicted octanol–water partition coefficient (Wildman–Crippen LogP) is 5.64. The Morgan fingerprint density at radius 1 is 0.652 bits per heavy atom. The van der Waals surface area contributed by atoms with Gasteiger partial charge in [0.15, 0.2) is 0 Å². The fourth-order valence-electron chi connectivity index (χ4n) is 4.14. The Kier molecular flexibility index (Phi) is 9.51. The Morgan fingerprint density at radius 2 is 1.13 bits per heavy atom. The Bertz CT molecular complexity index is 307. The van der Waals surface area contributed by atoms with E-state index in [0.29, 0.717) is 6.04 Å². The summed E-state index contributed by atoms with van der Waals surface area (Å²) in [4.78, 5) is 14.9. The Hall–Kier alpha value is -0.730. The number of carbonyl (C=O) groups is 1. The number of carbonyl (C=O) groups excluding carboxylic acids is 1. The van der Waals surface area contributed by atoms with Crippen LogP contribution in [0.15, 0.2) is 0 Å². The molecule has 1 saturated heterocycles. The van der Waals surface area contributed by atoms with Gasteiger partial charge >= 0.3 is 6.03 Å². The fraction of sp³-hybridized carbons (Fsp3) is 0.950. The maximum Gasteiger partial charge on any atom is 0.317 e. The largest absolute Gasteiger partial charge is 0.338 e. The van der Waals surface area contributed by atoms with Gasteiger partial charge in [0.2, 0.25) is 0 Å². The van der Waals surface area contributed by atoms with Gasteiger partial charge in [0, 0.05) is 19.1 Å². The number of amides is 2. The first kappa shape index (κ1) is 18.6. The molecule has 0 radical (unpaired) electrons. The molecule has 0 aromatic rings. The third-order valence-corrected chi connectivity index (χ3v) is 5.63. The van der Waals surface area contributed by atoms with Crippen molar-refractivity contribution in [1.29, 1.82) is 0 Å². The lowest BCUT2D eigenvalue weighted by molar-refractivity contribution is 0.162. The predicted molar refractivity (Wildman–Crippen MR) is 97.8 cm³/mol. The van der Waals surface area contributed by atoms with Gasteiger partial charge < -0.3 is 10.2 Å². The van der Waals surface area contributed by atoms with Crippen molar-refractivity contribution in [3.8, 4) is 0 Å². The smallest absolute Gasteiger partial charge is 0.317 e. The van der Waals surface area contributed by atoms with Crippen LogP contribution in [0.2, 0.25) is 0 Å². The number of urea groups is 1. The number of hydrogen-bond acceptors (Lipinski definition) is 1. The molecule has 0 bridgehead atoms. The first-order valence-corrected chi connectivity index (χ1v) is 10.4. The summed E-state index contributed by atoms with van der Waals surface area (Å²) in [6.45, 7) is 1.83. The molecule has 23 heavy (non-hydrogen) atoms. The minimum atomic E-state index is 0.215. The average Bonchev–Trinajstić information content (AvgIpc) is 2.64. The first-order valence-electron chi connectivity index (χ1n) is 10.4.